The standard InChI is InChI=1S/C14H21N5O2/c1-3-19-11(7-10(2)17-19)8-18-12(20)14(16-13(18)21)5-4-6-15-9-14/h7,15H,3-6,8-9H2,1-2H3,(H,16,21). The van der Waals surface area contributed by atoms with Gasteiger partial charge in [0.15, 0.2) is 0 Å². The summed E-state index contributed by atoms with van der Waals surface area (Å²) in [5, 5.41) is 10.4. The van der Waals surface area contributed by atoms with E-state index in [-0.39, 0.29) is 18.5 Å². The SMILES string of the molecule is CCn1nc(C)cc1CN1C(=O)NC2(CCCNC2)C1=O. The number of aryl methyl sites for hydroxylation is 2. The number of rotatable bonds is 3. The number of urea groups is 1. The van der Waals surface area contributed by atoms with Crippen LogP contribution in [0.1, 0.15) is 31.2 Å². The summed E-state index contributed by atoms with van der Waals surface area (Å²) in [4.78, 5) is 26.2. The monoisotopic (exact) mass is 291 g/mol. The topological polar surface area (TPSA) is 79.3 Å². The number of aromatic nitrogens is 2. The number of carbonyl (C=O) groups excluding carboxylic acids is 2. The molecule has 2 aliphatic heterocycles. The van der Waals surface area contributed by atoms with Crippen LogP contribution in [0.25, 0.3) is 0 Å². The molecule has 0 saturated carbocycles. The van der Waals surface area contributed by atoms with E-state index in [0.29, 0.717) is 13.0 Å². The molecular weight excluding hydrogens is 270 g/mol. The molecule has 1 aromatic rings. The number of imide groups is 1. The third-order valence-corrected chi connectivity index (χ3v) is 4.23. The molecular formula is C14H21N5O2. The van der Waals surface area contributed by atoms with Crippen molar-refractivity contribution < 1.29 is 9.59 Å². The fraction of sp³-hybridized carbons (Fsp3) is 0.643. The number of hydrogen-bond acceptors (Lipinski definition) is 4. The highest BCUT2D eigenvalue weighted by molar-refractivity contribution is 6.07. The van der Waals surface area contributed by atoms with E-state index in [2.05, 4.69) is 15.7 Å². The predicted molar refractivity (Wildman–Crippen MR) is 76.6 cm³/mol. The number of nitrogens with one attached hydrogen (secondary N) is 2. The molecule has 7 nitrogen and oxygen atoms in total. The van der Waals surface area contributed by atoms with Crippen LogP contribution in [0.3, 0.4) is 0 Å². The molecule has 1 unspecified atom stereocenters. The van der Waals surface area contributed by atoms with Gasteiger partial charge in [0, 0.05) is 13.1 Å². The Morgan fingerprint density at radius 1 is 1.43 bits per heavy atom. The molecule has 1 spiro atoms. The lowest BCUT2D eigenvalue weighted by atomic mass is 9.90. The molecule has 7 heteroatoms. The highest BCUT2D eigenvalue weighted by Crippen LogP contribution is 2.26. The first-order valence-electron chi connectivity index (χ1n) is 7.44. The van der Waals surface area contributed by atoms with Crippen LogP contribution in [-0.2, 0) is 17.9 Å². The van der Waals surface area contributed by atoms with Crippen LogP contribution in [0.15, 0.2) is 6.07 Å². The summed E-state index contributed by atoms with van der Waals surface area (Å²) >= 11 is 0. The second-order valence-electron chi connectivity index (χ2n) is 5.78. The summed E-state index contributed by atoms with van der Waals surface area (Å²) in [6.45, 7) is 6.32. The summed E-state index contributed by atoms with van der Waals surface area (Å²) in [5.74, 6) is -0.124. The molecule has 1 aromatic heterocycles. The number of piperidine rings is 1. The molecule has 3 rings (SSSR count). The Labute approximate surface area is 123 Å². The molecule has 0 bridgehead atoms. The zero-order valence-corrected chi connectivity index (χ0v) is 12.5. The fourth-order valence-electron chi connectivity index (χ4n) is 3.18. The molecule has 114 valence electrons. The van der Waals surface area contributed by atoms with Crippen LogP contribution in [0.2, 0.25) is 0 Å². The van der Waals surface area contributed by atoms with Gasteiger partial charge in [-0.15, -0.1) is 0 Å². The van der Waals surface area contributed by atoms with Crippen molar-refractivity contribution in [3.8, 4) is 0 Å². The van der Waals surface area contributed by atoms with Gasteiger partial charge in [-0.3, -0.25) is 14.4 Å². The molecule has 0 aromatic carbocycles. The number of nitrogens with zero attached hydrogens (tertiary/aromatic N) is 3. The normalized spacial score (nSPS) is 25.7. The molecule has 3 amide bonds. The summed E-state index contributed by atoms with van der Waals surface area (Å²) < 4.78 is 1.83. The molecule has 2 N–H and O–H groups in total. The maximum absolute atomic E-state index is 12.7. The summed E-state index contributed by atoms with van der Waals surface area (Å²) in [5.41, 5.74) is 1.04. The van der Waals surface area contributed by atoms with Crippen LogP contribution in [0.5, 0.6) is 0 Å². The van der Waals surface area contributed by atoms with E-state index in [1.165, 1.54) is 4.90 Å². The van der Waals surface area contributed by atoms with Crippen molar-refractivity contribution in [3.05, 3.63) is 17.5 Å². The highest BCUT2D eigenvalue weighted by atomic mass is 16.2. The molecule has 2 fully saturated rings. The Morgan fingerprint density at radius 3 is 2.90 bits per heavy atom. The Balaban J connectivity index is 1.82. The second-order valence-corrected chi connectivity index (χ2v) is 5.78. The molecule has 3 heterocycles. The Morgan fingerprint density at radius 2 is 2.24 bits per heavy atom. The van der Waals surface area contributed by atoms with Crippen molar-refractivity contribution in [2.75, 3.05) is 13.1 Å². The van der Waals surface area contributed by atoms with E-state index in [9.17, 15) is 9.59 Å². The fourth-order valence-corrected chi connectivity index (χ4v) is 3.18. The minimum Gasteiger partial charge on any atom is -0.322 e. The van der Waals surface area contributed by atoms with Gasteiger partial charge in [-0.1, -0.05) is 0 Å². The van der Waals surface area contributed by atoms with Crippen molar-refractivity contribution in [1.82, 2.24) is 25.3 Å². The van der Waals surface area contributed by atoms with Crippen LogP contribution in [0.4, 0.5) is 4.79 Å². The molecule has 2 aliphatic rings. The van der Waals surface area contributed by atoms with Gasteiger partial charge in [0.1, 0.15) is 5.54 Å². The van der Waals surface area contributed by atoms with Gasteiger partial charge in [-0.05, 0) is 39.3 Å². The van der Waals surface area contributed by atoms with Gasteiger partial charge in [-0.2, -0.15) is 5.10 Å². The maximum atomic E-state index is 12.7. The minimum absolute atomic E-state index is 0.124. The van der Waals surface area contributed by atoms with Gasteiger partial charge in [0.05, 0.1) is 17.9 Å². The maximum Gasteiger partial charge on any atom is 0.325 e. The Kier molecular flexibility index (Phi) is 3.44. The number of hydrogen-bond donors (Lipinski definition) is 2. The van der Waals surface area contributed by atoms with E-state index in [0.717, 1.165) is 30.9 Å². The van der Waals surface area contributed by atoms with Crippen LogP contribution >= 0.6 is 0 Å². The lowest BCUT2D eigenvalue weighted by Crippen LogP contribution is -2.57. The molecule has 21 heavy (non-hydrogen) atoms. The van der Waals surface area contributed by atoms with Crippen LogP contribution < -0.4 is 10.6 Å². The van der Waals surface area contributed by atoms with Gasteiger partial charge >= 0.3 is 6.03 Å². The number of carbonyl (C=O) groups is 2. The summed E-state index contributed by atoms with van der Waals surface area (Å²) in [6, 6.07) is 1.62. The molecule has 0 aliphatic carbocycles. The van der Waals surface area contributed by atoms with E-state index in [1.807, 2.05) is 24.6 Å². The minimum atomic E-state index is -0.749. The van der Waals surface area contributed by atoms with E-state index in [1.54, 1.807) is 0 Å². The van der Waals surface area contributed by atoms with E-state index in [4.69, 9.17) is 0 Å². The third-order valence-electron chi connectivity index (χ3n) is 4.23. The largest absolute Gasteiger partial charge is 0.325 e. The highest BCUT2D eigenvalue weighted by Gasteiger charge is 2.51. The first-order chi connectivity index (χ1) is 10.1. The average Bonchev–Trinajstić information content (AvgIpc) is 2.93. The zero-order chi connectivity index (χ0) is 15.0. The third kappa shape index (κ3) is 2.31. The molecule has 0 radical (unpaired) electrons. The zero-order valence-electron chi connectivity index (χ0n) is 12.5. The lowest BCUT2D eigenvalue weighted by molar-refractivity contribution is -0.132. The quantitative estimate of drug-likeness (QED) is 0.789. The van der Waals surface area contributed by atoms with E-state index < -0.39 is 5.54 Å². The van der Waals surface area contributed by atoms with Gasteiger partial charge in [0.2, 0.25) is 0 Å². The van der Waals surface area contributed by atoms with Crippen molar-refractivity contribution in [1.29, 1.82) is 0 Å². The predicted octanol–water partition coefficient (Wildman–Crippen LogP) is 0.385. The van der Waals surface area contributed by atoms with Crippen molar-refractivity contribution in [2.45, 2.75) is 45.3 Å². The van der Waals surface area contributed by atoms with Crippen molar-refractivity contribution in [2.24, 2.45) is 0 Å². The smallest absolute Gasteiger partial charge is 0.322 e. The van der Waals surface area contributed by atoms with Crippen LogP contribution in [-0.4, -0.2) is 45.2 Å². The number of amides is 3. The molecule has 1 atom stereocenters. The van der Waals surface area contributed by atoms with E-state index >= 15 is 0 Å². The van der Waals surface area contributed by atoms with Gasteiger partial charge in [0.25, 0.3) is 5.91 Å². The molecule has 2 saturated heterocycles. The lowest BCUT2D eigenvalue weighted by Gasteiger charge is -2.31. The first kappa shape index (κ1) is 14.1. The Bertz CT molecular complexity index is 574. The summed E-state index contributed by atoms with van der Waals surface area (Å²) in [6.07, 6.45) is 1.60. The van der Waals surface area contributed by atoms with Gasteiger partial charge < -0.3 is 10.6 Å². The Hall–Kier alpha value is -1.89. The second kappa shape index (κ2) is 5.14. The van der Waals surface area contributed by atoms with Crippen molar-refractivity contribution >= 4 is 11.9 Å². The van der Waals surface area contributed by atoms with Crippen LogP contribution in [0, 0.1) is 6.92 Å². The van der Waals surface area contributed by atoms with Gasteiger partial charge in [-0.25, -0.2) is 4.79 Å². The first-order valence-corrected chi connectivity index (χ1v) is 7.44. The average molecular weight is 291 g/mol. The summed E-state index contributed by atoms with van der Waals surface area (Å²) in [7, 11) is 0. The van der Waals surface area contributed by atoms with Crippen molar-refractivity contribution in [3.63, 3.8) is 0 Å².